The summed E-state index contributed by atoms with van der Waals surface area (Å²) in [5, 5.41) is 6.16. The maximum atomic E-state index is 11.4. The van der Waals surface area contributed by atoms with Gasteiger partial charge in [0.25, 0.3) is 0 Å². The average molecular weight is 214 g/mol. The highest BCUT2D eigenvalue weighted by atomic mass is 16.5. The molecule has 0 aromatic rings. The van der Waals surface area contributed by atoms with E-state index < -0.39 is 0 Å². The van der Waals surface area contributed by atoms with Crippen LogP contribution in [0.5, 0.6) is 0 Å². The second kappa shape index (κ2) is 5.47. The van der Waals surface area contributed by atoms with E-state index in [1.807, 2.05) is 0 Å². The molecule has 1 amide bonds. The Morgan fingerprint density at radius 1 is 1.47 bits per heavy atom. The van der Waals surface area contributed by atoms with Crippen molar-refractivity contribution < 1.29 is 9.53 Å². The fourth-order valence-electron chi connectivity index (χ4n) is 1.43. The Morgan fingerprint density at radius 3 is 2.60 bits per heavy atom. The Kier molecular flexibility index (Phi) is 4.54. The van der Waals surface area contributed by atoms with E-state index >= 15 is 0 Å². The summed E-state index contributed by atoms with van der Waals surface area (Å²) in [5.41, 5.74) is 0.168. The highest BCUT2D eigenvalue weighted by Gasteiger charge is 2.33. The van der Waals surface area contributed by atoms with Gasteiger partial charge in [0.1, 0.15) is 0 Å². The van der Waals surface area contributed by atoms with Crippen molar-refractivity contribution in [3.8, 4) is 0 Å². The van der Waals surface area contributed by atoms with Crippen molar-refractivity contribution in [2.24, 2.45) is 5.41 Å². The highest BCUT2D eigenvalue weighted by molar-refractivity contribution is 5.76. The lowest BCUT2D eigenvalue weighted by molar-refractivity contribution is -0.126. The van der Waals surface area contributed by atoms with Gasteiger partial charge in [0.05, 0.1) is 13.2 Å². The first kappa shape index (κ1) is 12.5. The summed E-state index contributed by atoms with van der Waals surface area (Å²) < 4.78 is 5.12. The van der Waals surface area contributed by atoms with Gasteiger partial charge in [0.2, 0.25) is 5.91 Å². The van der Waals surface area contributed by atoms with Gasteiger partial charge in [-0.15, -0.1) is 0 Å². The molecule has 0 saturated carbocycles. The van der Waals surface area contributed by atoms with E-state index in [0.29, 0.717) is 12.5 Å². The molecule has 1 aliphatic heterocycles. The van der Waals surface area contributed by atoms with Gasteiger partial charge < -0.3 is 15.4 Å². The van der Waals surface area contributed by atoms with Crippen LogP contribution in [0.1, 0.15) is 27.2 Å². The van der Waals surface area contributed by atoms with E-state index in [1.54, 1.807) is 0 Å². The number of carbonyl (C=O) groups is 1. The lowest BCUT2D eigenvalue weighted by Crippen LogP contribution is -2.48. The van der Waals surface area contributed by atoms with Gasteiger partial charge in [-0.05, 0) is 0 Å². The van der Waals surface area contributed by atoms with Crippen molar-refractivity contribution >= 4 is 5.91 Å². The molecule has 4 heteroatoms. The molecule has 4 nitrogen and oxygen atoms in total. The highest BCUT2D eigenvalue weighted by Crippen LogP contribution is 2.24. The molecule has 1 saturated heterocycles. The maximum absolute atomic E-state index is 11.4. The molecule has 1 aliphatic rings. The third kappa shape index (κ3) is 4.62. The van der Waals surface area contributed by atoms with E-state index in [-0.39, 0.29) is 11.3 Å². The van der Waals surface area contributed by atoms with Crippen LogP contribution in [-0.2, 0) is 9.53 Å². The molecule has 1 heterocycles. The third-order valence-electron chi connectivity index (χ3n) is 2.52. The topological polar surface area (TPSA) is 50.4 Å². The maximum Gasteiger partial charge on any atom is 0.221 e. The summed E-state index contributed by atoms with van der Waals surface area (Å²) in [6.07, 6.45) is 0.551. The first-order valence-corrected chi connectivity index (χ1v) is 5.60. The predicted molar refractivity (Wildman–Crippen MR) is 59.7 cm³/mol. The predicted octanol–water partition coefficient (Wildman–Crippen LogP) is 0.527. The minimum atomic E-state index is 0.122. The lowest BCUT2D eigenvalue weighted by atomic mass is 9.89. The number of carbonyl (C=O) groups excluding carboxylic acids is 1. The molecule has 0 spiro atoms. The van der Waals surface area contributed by atoms with Gasteiger partial charge in [0.15, 0.2) is 0 Å². The molecule has 1 rings (SSSR count). The van der Waals surface area contributed by atoms with Crippen LogP contribution in [0, 0.1) is 5.41 Å². The smallest absolute Gasteiger partial charge is 0.221 e. The molecule has 88 valence electrons. The first-order valence-electron chi connectivity index (χ1n) is 5.60. The molecule has 0 atom stereocenters. The Hall–Kier alpha value is -0.610. The van der Waals surface area contributed by atoms with Gasteiger partial charge in [-0.25, -0.2) is 0 Å². The van der Waals surface area contributed by atoms with Crippen LogP contribution in [0.15, 0.2) is 0 Å². The molecule has 1 fully saturated rings. The molecular weight excluding hydrogens is 192 g/mol. The number of rotatable bonds is 6. The minimum Gasteiger partial charge on any atom is -0.380 e. The van der Waals surface area contributed by atoms with Gasteiger partial charge in [-0.1, -0.05) is 20.8 Å². The monoisotopic (exact) mass is 214 g/mol. The molecule has 0 unspecified atom stereocenters. The van der Waals surface area contributed by atoms with E-state index in [2.05, 4.69) is 31.4 Å². The number of hydrogen-bond acceptors (Lipinski definition) is 3. The van der Waals surface area contributed by atoms with Crippen LogP contribution in [0.25, 0.3) is 0 Å². The molecule has 0 aromatic carbocycles. The van der Waals surface area contributed by atoms with Gasteiger partial charge in [-0.2, -0.15) is 0 Å². The fraction of sp³-hybridized carbons (Fsp3) is 0.909. The van der Waals surface area contributed by atoms with Crippen molar-refractivity contribution in [2.45, 2.75) is 33.2 Å². The largest absolute Gasteiger partial charge is 0.380 e. The standard InChI is InChI=1S/C11H22N2O2/c1-9(2)12-5-4-10(14)13-6-11(3)7-15-8-11/h9,12H,4-8H2,1-3H3,(H,13,14). The van der Waals surface area contributed by atoms with Crippen molar-refractivity contribution in [2.75, 3.05) is 26.3 Å². The van der Waals surface area contributed by atoms with Crippen LogP contribution in [0.3, 0.4) is 0 Å². The van der Waals surface area contributed by atoms with Gasteiger partial charge in [-0.3, -0.25) is 4.79 Å². The molecule has 0 aliphatic carbocycles. The summed E-state index contributed by atoms with van der Waals surface area (Å²) in [5.74, 6) is 0.122. The Bertz CT molecular complexity index is 213. The number of amides is 1. The van der Waals surface area contributed by atoms with Crippen LogP contribution in [0.2, 0.25) is 0 Å². The van der Waals surface area contributed by atoms with Crippen molar-refractivity contribution in [3.05, 3.63) is 0 Å². The number of ether oxygens (including phenoxy) is 1. The first-order chi connectivity index (χ1) is 7.02. The summed E-state index contributed by atoms with van der Waals surface area (Å²) in [6, 6.07) is 0.440. The number of nitrogens with one attached hydrogen (secondary N) is 2. The average Bonchev–Trinajstić information content (AvgIpc) is 2.11. The summed E-state index contributed by atoms with van der Waals surface area (Å²) in [6.45, 7) is 9.28. The van der Waals surface area contributed by atoms with Gasteiger partial charge >= 0.3 is 0 Å². The van der Waals surface area contributed by atoms with E-state index in [4.69, 9.17) is 4.74 Å². The van der Waals surface area contributed by atoms with Crippen molar-refractivity contribution in [1.29, 1.82) is 0 Å². The lowest BCUT2D eigenvalue weighted by Gasteiger charge is -2.38. The van der Waals surface area contributed by atoms with Gasteiger partial charge in [0, 0.05) is 31.0 Å². The zero-order chi connectivity index (χ0) is 11.3. The van der Waals surface area contributed by atoms with Crippen LogP contribution < -0.4 is 10.6 Å². The molecule has 2 N–H and O–H groups in total. The summed E-state index contributed by atoms with van der Waals surface area (Å²) in [4.78, 5) is 11.4. The van der Waals surface area contributed by atoms with Crippen LogP contribution in [0.4, 0.5) is 0 Å². The third-order valence-corrected chi connectivity index (χ3v) is 2.52. The molecule has 0 bridgehead atoms. The van der Waals surface area contributed by atoms with E-state index in [9.17, 15) is 4.79 Å². The second-order valence-corrected chi connectivity index (χ2v) is 4.94. The van der Waals surface area contributed by atoms with E-state index in [1.165, 1.54) is 0 Å². The Morgan fingerprint density at radius 2 is 2.13 bits per heavy atom. The quantitative estimate of drug-likeness (QED) is 0.678. The molecule has 0 radical (unpaired) electrons. The zero-order valence-electron chi connectivity index (χ0n) is 9.93. The molecule has 15 heavy (non-hydrogen) atoms. The van der Waals surface area contributed by atoms with Crippen molar-refractivity contribution in [3.63, 3.8) is 0 Å². The summed E-state index contributed by atoms with van der Waals surface area (Å²) in [7, 11) is 0. The zero-order valence-corrected chi connectivity index (χ0v) is 9.93. The van der Waals surface area contributed by atoms with Crippen LogP contribution in [-0.4, -0.2) is 38.3 Å². The Balaban J connectivity index is 2.03. The van der Waals surface area contributed by atoms with Crippen molar-refractivity contribution in [1.82, 2.24) is 10.6 Å². The van der Waals surface area contributed by atoms with Crippen LogP contribution >= 0.6 is 0 Å². The SMILES string of the molecule is CC(C)NCCC(=O)NCC1(C)COC1. The normalized spacial score (nSPS) is 18.7. The second-order valence-electron chi connectivity index (χ2n) is 4.94. The fourth-order valence-corrected chi connectivity index (χ4v) is 1.43. The molecular formula is C11H22N2O2. The number of hydrogen-bond donors (Lipinski definition) is 2. The Labute approximate surface area is 91.8 Å². The molecule has 0 aromatic heterocycles. The minimum absolute atomic E-state index is 0.122. The summed E-state index contributed by atoms with van der Waals surface area (Å²) >= 11 is 0. The van der Waals surface area contributed by atoms with E-state index in [0.717, 1.165) is 26.3 Å².